The second-order valence-corrected chi connectivity index (χ2v) is 7.96. The molecule has 0 aliphatic carbocycles. The van der Waals surface area contributed by atoms with E-state index in [9.17, 15) is 26.3 Å². The fourth-order valence-corrected chi connectivity index (χ4v) is 4.00. The predicted molar refractivity (Wildman–Crippen MR) is 101 cm³/mol. The fraction of sp³-hybridized carbons (Fsp3) is 0.550. The van der Waals surface area contributed by atoms with E-state index in [0.29, 0.717) is 17.9 Å². The fourth-order valence-electron chi connectivity index (χ4n) is 4.00. The van der Waals surface area contributed by atoms with Gasteiger partial charge in [0.1, 0.15) is 0 Å². The minimum absolute atomic E-state index is 0.0309. The summed E-state index contributed by atoms with van der Waals surface area (Å²) in [7, 11) is 0. The van der Waals surface area contributed by atoms with Crippen molar-refractivity contribution in [2.75, 3.05) is 31.1 Å². The van der Waals surface area contributed by atoms with Crippen molar-refractivity contribution in [2.24, 2.45) is 5.92 Å². The molecule has 4 heterocycles. The first kappa shape index (κ1) is 21.8. The Morgan fingerprint density at radius 1 is 1.03 bits per heavy atom. The van der Waals surface area contributed by atoms with E-state index in [4.69, 9.17) is 0 Å². The van der Waals surface area contributed by atoms with Crippen LogP contribution in [0.1, 0.15) is 41.4 Å². The lowest BCUT2D eigenvalue weighted by Gasteiger charge is -2.20. The molecule has 5 nitrogen and oxygen atoms in total. The molecular weight excluding hydrogens is 424 g/mol. The summed E-state index contributed by atoms with van der Waals surface area (Å²) in [5, 5.41) is 3.22. The van der Waals surface area contributed by atoms with Gasteiger partial charge in [0.15, 0.2) is 0 Å². The number of alkyl halides is 6. The van der Waals surface area contributed by atoms with Crippen molar-refractivity contribution in [1.82, 2.24) is 20.3 Å². The Bertz CT molecular complexity index is 923. The molecular formula is C20H21F6N5. The van der Waals surface area contributed by atoms with E-state index >= 15 is 0 Å². The number of halogens is 6. The minimum atomic E-state index is -4.49. The third kappa shape index (κ3) is 5.08. The Kier molecular flexibility index (Phi) is 5.80. The summed E-state index contributed by atoms with van der Waals surface area (Å²) in [6.45, 7) is 1.44. The average Bonchev–Trinajstić information content (AvgIpc) is 3.39. The maximum Gasteiger partial charge on any atom is 0.416 e. The van der Waals surface area contributed by atoms with Gasteiger partial charge in [0.25, 0.3) is 0 Å². The molecule has 2 fully saturated rings. The smallest absolute Gasteiger partial charge is 0.340 e. The number of aromatic nitrogens is 3. The Balaban J connectivity index is 1.63. The maximum atomic E-state index is 13.1. The standard InChI is InChI=1S/C20H21F6N5/c21-19(22,23)13-2-5-28-15(7-13)8-16-9-17(12-1-4-27-10-12)30-18(29-16)31-6-3-14(11-31)20(24,25)26/h2,5,7,9,12,14,27H,1,3-4,6,8,10-11H2. The largest absolute Gasteiger partial charge is 0.416 e. The minimum Gasteiger partial charge on any atom is -0.340 e. The molecule has 0 radical (unpaired) electrons. The van der Waals surface area contributed by atoms with Crippen LogP contribution in [0.5, 0.6) is 0 Å². The highest BCUT2D eigenvalue weighted by molar-refractivity contribution is 5.37. The van der Waals surface area contributed by atoms with E-state index in [1.165, 1.54) is 4.90 Å². The second-order valence-electron chi connectivity index (χ2n) is 7.96. The van der Waals surface area contributed by atoms with Gasteiger partial charge < -0.3 is 10.2 Å². The van der Waals surface area contributed by atoms with Crippen molar-refractivity contribution >= 4 is 5.95 Å². The number of hydrogen-bond acceptors (Lipinski definition) is 5. The lowest BCUT2D eigenvalue weighted by atomic mass is 10.0. The number of nitrogens with one attached hydrogen (secondary N) is 1. The van der Waals surface area contributed by atoms with E-state index in [1.807, 2.05) is 0 Å². The van der Waals surface area contributed by atoms with Crippen molar-refractivity contribution in [3.8, 4) is 0 Å². The van der Waals surface area contributed by atoms with E-state index in [2.05, 4.69) is 20.3 Å². The van der Waals surface area contributed by atoms with Gasteiger partial charge in [-0.3, -0.25) is 4.98 Å². The van der Waals surface area contributed by atoms with Crippen LogP contribution in [0.15, 0.2) is 24.4 Å². The molecule has 2 atom stereocenters. The summed E-state index contributed by atoms with van der Waals surface area (Å²) in [5.74, 6) is -1.17. The van der Waals surface area contributed by atoms with Crippen LogP contribution < -0.4 is 10.2 Å². The van der Waals surface area contributed by atoms with Crippen molar-refractivity contribution in [2.45, 2.75) is 37.5 Å². The van der Waals surface area contributed by atoms with Gasteiger partial charge >= 0.3 is 12.4 Å². The van der Waals surface area contributed by atoms with Crippen LogP contribution in [0.3, 0.4) is 0 Å². The molecule has 0 bridgehead atoms. The second kappa shape index (κ2) is 8.25. The number of anilines is 1. The summed E-state index contributed by atoms with van der Waals surface area (Å²) in [6, 6.07) is 3.58. The van der Waals surface area contributed by atoms with Gasteiger partial charge in [-0.15, -0.1) is 0 Å². The van der Waals surface area contributed by atoms with Gasteiger partial charge in [-0.2, -0.15) is 26.3 Å². The highest BCUT2D eigenvalue weighted by atomic mass is 19.4. The Morgan fingerprint density at radius 3 is 2.48 bits per heavy atom. The van der Waals surface area contributed by atoms with Crippen molar-refractivity contribution in [3.63, 3.8) is 0 Å². The summed E-state index contributed by atoms with van der Waals surface area (Å²) < 4.78 is 78.4. The molecule has 0 aromatic carbocycles. The molecule has 11 heteroatoms. The first-order valence-corrected chi connectivity index (χ1v) is 10.0. The Hall–Kier alpha value is -2.43. The van der Waals surface area contributed by atoms with Crippen molar-refractivity contribution in [3.05, 3.63) is 47.0 Å². The van der Waals surface area contributed by atoms with E-state index in [1.54, 1.807) is 6.07 Å². The monoisotopic (exact) mass is 445 g/mol. The predicted octanol–water partition coefficient (Wildman–Crippen LogP) is 3.95. The van der Waals surface area contributed by atoms with Crippen LogP contribution >= 0.6 is 0 Å². The molecule has 0 amide bonds. The first-order chi connectivity index (χ1) is 14.6. The van der Waals surface area contributed by atoms with E-state index in [-0.39, 0.29) is 43.5 Å². The van der Waals surface area contributed by atoms with Crippen LogP contribution in [0.25, 0.3) is 0 Å². The number of nitrogens with zero attached hydrogens (tertiary/aromatic N) is 4. The molecule has 2 aromatic rings. The van der Waals surface area contributed by atoms with E-state index in [0.717, 1.165) is 31.3 Å². The third-order valence-corrected chi connectivity index (χ3v) is 5.71. The molecule has 4 rings (SSSR count). The highest BCUT2D eigenvalue weighted by Crippen LogP contribution is 2.35. The topological polar surface area (TPSA) is 53.9 Å². The van der Waals surface area contributed by atoms with Crippen molar-refractivity contribution < 1.29 is 26.3 Å². The van der Waals surface area contributed by atoms with Crippen molar-refractivity contribution in [1.29, 1.82) is 0 Å². The number of hydrogen-bond donors (Lipinski definition) is 1. The molecule has 2 aliphatic rings. The van der Waals surface area contributed by atoms with Crippen LogP contribution in [-0.2, 0) is 12.6 Å². The average molecular weight is 445 g/mol. The zero-order valence-corrected chi connectivity index (χ0v) is 16.5. The third-order valence-electron chi connectivity index (χ3n) is 5.71. The quantitative estimate of drug-likeness (QED) is 0.723. The van der Waals surface area contributed by atoms with Gasteiger partial charge in [-0.1, -0.05) is 0 Å². The highest BCUT2D eigenvalue weighted by Gasteiger charge is 2.44. The SMILES string of the molecule is FC(F)(F)c1ccnc(Cc2cc(C3CCNC3)nc(N3CCC(C(F)(F)F)C3)n2)c1. The van der Waals surface area contributed by atoms with Crippen LogP contribution in [-0.4, -0.2) is 47.3 Å². The van der Waals surface area contributed by atoms with Gasteiger partial charge in [0, 0.05) is 43.9 Å². The number of pyridine rings is 1. The molecule has 2 aromatic heterocycles. The van der Waals surface area contributed by atoms with Gasteiger partial charge in [-0.05, 0) is 37.6 Å². The molecule has 2 saturated heterocycles. The molecule has 2 aliphatic heterocycles. The lowest BCUT2D eigenvalue weighted by Crippen LogP contribution is -2.29. The van der Waals surface area contributed by atoms with E-state index < -0.39 is 23.8 Å². The zero-order chi connectivity index (χ0) is 22.2. The molecule has 31 heavy (non-hydrogen) atoms. The molecule has 168 valence electrons. The van der Waals surface area contributed by atoms with Gasteiger partial charge in [-0.25, -0.2) is 9.97 Å². The molecule has 2 unspecified atom stereocenters. The lowest BCUT2D eigenvalue weighted by molar-refractivity contribution is -0.168. The zero-order valence-electron chi connectivity index (χ0n) is 16.5. The number of rotatable bonds is 4. The maximum absolute atomic E-state index is 13.1. The summed E-state index contributed by atoms with van der Waals surface area (Å²) in [5.41, 5.74) is 0.505. The Morgan fingerprint density at radius 2 is 1.84 bits per heavy atom. The Labute approximate surface area is 174 Å². The normalized spacial score (nSPS) is 22.3. The van der Waals surface area contributed by atoms with Crippen LogP contribution in [0.4, 0.5) is 32.3 Å². The molecule has 0 saturated carbocycles. The van der Waals surface area contributed by atoms with Gasteiger partial charge in [0.2, 0.25) is 5.95 Å². The van der Waals surface area contributed by atoms with Gasteiger partial charge in [0.05, 0.1) is 22.9 Å². The first-order valence-electron chi connectivity index (χ1n) is 10.0. The summed E-state index contributed by atoms with van der Waals surface area (Å²) in [6.07, 6.45) is -6.86. The summed E-state index contributed by atoms with van der Waals surface area (Å²) >= 11 is 0. The van der Waals surface area contributed by atoms with Crippen LogP contribution in [0.2, 0.25) is 0 Å². The molecule has 0 spiro atoms. The molecule has 1 N–H and O–H groups in total. The van der Waals surface area contributed by atoms with Crippen LogP contribution in [0, 0.1) is 5.92 Å². The summed E-state index contributed by atoms with van der Waals surface area (Å²) in [4.78, 5) is 14.4.